The number of carbonyl (C=O) groups excluding carboxylic acids is 1. The predicted octanol–water partition coefficient (Wildman–Crippen LogP) is 6.24. The van der Waals surface area contributed by atoms with E-state index in [0.29, 0.717) is 24.0 Å². The first kappa shape index (κ1) is 21.0. The number of ether oxygens (including phenoxy) is 1. The minimum absolute atomic E-state index is 0.0430. The van der Waals surface area contributed by atoms with E-state index < -0.39 is 0 Å². The molecule has 5 atom stereocenters. The van der Waals surface area contributed by atoms with Crippen molar-refractivity contribution in [2.24, 2.45) is 22.7 Å². The van der Waals surface area contributed by atoms with Gasteiger partial charge in [0.2, 0.25) is 0 Å². The Labute approximate surface area is 186 Å². The summed E-state index contributed by atoms with van der Waals surface area (Å²) < 4.78 is 5.94. The third kappa shape index (κ3) is 3.40. The van der Waals surface area contributed by atoms with Crippen LogP contribution in [0.4, 0.5) is 0 Å². The summed E-state index contributed by atoms with van der Waals surface area (Å²) in [5, 5.41) is 9.55. The first-order valence-corrected chi connectivity index (χ1v) is 12.3. The van der Waals surface area contributed by atoms with E-state index in [1.807, 2.05) is 30.3 Å². The van der Waals surface area contributed by atoms with Gasteiger partial charge in [0.05, 0.1) is 5.56 Å². The second-order valence-electron chi connectivity index (χ2n) is 10.8. The van der Waals surface area contributed by atoms with Crippen LogP contribution in [0.5, 0.6) is 0 Å². The highest BCUT2D eigenvalue weighted by atomic mass is 16.5. The Kier molecular flexibility index (Phi) is 5.37. The largest absolute Gasteiger partial charge is 0.459 e. The molecule has 1 fully saturated rings. The summed E-state index contributed by atoms with van der Waals surface area (Å²) >= 11 is 0. The second kappa shape index (κ2) is 7.92. The Morgan fingerprint density at radius 3 is 2.68 bits per heavy atom. The first-order valence-electron chi connectivity index (χ1n) is 12.3. The quantitative estimate of drug-likeness (QED) is 0.587. The summed E-state index contributed by atoms with van der Waals surface area (Å²) in [5.41, 5.74) is 6.15. The number of rotatable bonds is 4. The summed E-state index contributed by atoms with van der Waals surface area (Å²) in [4.78, 5) is 12.6. The molecule has 0 saturated heterocycles. The molecular weight excluding hydrogens is 384 g/mol. The average molecular weight is 421 g/mol. The summed E-state index contributed by atoms with van der Waals surface area (Å²) in [6.07, 6.45) is 12.5. The van der Waals surface area contributed by atoms with Gasteiger partial charge < -0.3 is 9.84 Å². The van der Waals surface area contributed by atoms with Crippen LogP contribution in [0.2, 0.25) is 0 Å². The van der Waals surface area contributed by atoms with Gasteiger partial charge in [0.15, 0.2) is 0 Å². The van der Waals surface area contributed by atoms with Crippen molar-refractivity contribution < 1.29 is 14.6 Å². The van der Waals surface area contributed by atoms with Crippen molar-refractivity contribution in [3.05, 3.63) is 58.7 Å². The van der Waals surface area contributed by atoms with Crippen LogP contribution in [0.3, 0.4) is 0 Å². The maximum atomic E-state index is 12.6. The van der Waals surface area contributed by atoms with Gasteiger partial charge in [-0.05, 0) is 104 Å². The molecule has 3 heteroatoms. The van der Waals surface area contributed by atoms with Crippen LogP contribution >= 0.6 is 0 Å². The fourth-order valence-electron chi connectivity index (χ4n) is 7.40. The lowest BCUT2D eigenvalue weighted by Crippen LogP contribution is -2.44. The van der Waals surface area contributed by atoms with Crippen LogP contribution in [0.25, 0.3) is 0 Å². The van der Waals surface area contributed by atoms with Crippen molar-refractivity contribution >= 4 is 5.97 Å². The molecule has 2 unspecified atom stereocenters. The molecule has 1 aromatic rings. The Morgan fingerprint density at radius 1 is 1.10 bits per heavy atom. The first-order chi connectivity index (χ1) is 15.0. The molecule has 31 heavy (non-hydrogen) atoms. The van der Waals surface area contributed by atoms with Crippen LogP contribution in [-0.2, 0) is 4.74 Å². The van der Waals surface area contributed by atoms with E-state index >= 15 is 0 Å². The molecule has 1 aromatic carbocycles. The minimum Gasteiger partial charge on any atom is -0.459 e. The smallest absolute Gasteiger partial charge is 0.338 e. The Morgan fingerprint density at radius 2 is 1.90 bits per heavy atom. The molecule has 3 nitrogen and oxygen atoms in total. The van der Waals surface area contributed by atoms with Crippen LogP contribution in [-0.4, -0.2) is 23.8 Å². The van der Waals surface area contributed by atoms with Crippen molar-refractivity contribution in [3.8, 4) is 0 Å². The number of aliphatic hydroxyl groups is 1. The van der Waals surface area contributed by atoms with Gasteiger partial charge >= 0.3 is 5.97 Å². The van der Waals surface area contributed by atoms with Crippen LogP contribution in [0.15, 0.2) is 53.1 Å². The molecule has 0 spiro atoms. The Bertz CT molecular complexity index is 913. The van der Waals surface area contributed by atoms with Gasteiger partial charge in [0, 0.05) is 6.61 Å². The molecule has 0 aliphatic heterocycles. The number of carbonyl (C=O) groups is 1. The normalized spacial score (nSPS) is 36.9. The zero-order valence-corrected chi connectivity index (χ0v) is 19.0. The van der Waals surface area contributed by atoms with E-state index in [9.17, 15) is 9.90 Å². The SMILES string of the molecule is C[C@]12CCC3=C(CCC4CC(OC(=O)c5ccccc5)CC[C@]34C)C1=CC[C@@H]2CCO. The van der Waals surface area contributed by atoms with Gasteiger partial charge in [-0.1, -0.05) is 43.7 Å². The zero-order valence-electron chi connectivity index (χ0n) is 19.0. The molecule has 4 aliphatic carbocycles. The topological polar surface area (TPSA) is 46.5 Å². The van der Waals surface area contributed by atoms with Crippen molar-refractivity contribution in [1.29, 1.82) is 0 Å². The maximum Gasteiger partial charge on any atom is 0.338 e. The van der Waals surface area contributed by atoms with Crippen LogP contribution in [0, 0.1) is 22.7 Å². The summed E-state index contributed by atoms with van der Waals surface area (Å²) in [7, 11) is 0. The van der Waals surface area contributed by atoms with Crippen LogP contribution in [0.1, 0.15) is 82.0 Å². The van der Waals surface area contributed by atoms with Gasteiger partial charge in [-0.15, -0.1) is 0 Å². The van der Waals surface area contributed by atoms with E-state index in [2.05, 4.69) is 19.9 Å². The lowest BCUT2D eigenvalue weighted by molar-refractivity contribution is -0.0122. The molecular formula is C28H36O3. The van der Waals surface area contributed by atoms with Gasteiger partial charge in [0.25, 0.3) is 0 Å². The lowest BCUT2D eigenvalue weighted by atomic mass is 9.52. The fraction of sp³-hybridized carbons (Fsp3) is 0.607. The van der Waals surface area contributed by atoms with E-state index in [0.717, 1.165) is 32.1 Å². The molecule has 1 N–H and O–H groups in total. The zero-order chi connectivity index (χ0) is 21.6. The second-order valence-corrected chi connectivity index (χ2v) is 10.8. The molecule has 0 aromatic heterocycles. The van der Waals surface area contributed by atoms with Gasteiger partial charge in [-0.3, -0.25) is 0 Å². The number of hydrogen-bond acceptors (Lipinski definition) is 3. The van der Waals surface area contributed by atoms with Crippen LogP contribution < -0.4 is 0 Å². The molecule has 1 saturated carbocycles. The summed E-state index contributed by atoms with van der Waals surface area (Å²) in [6.45, 7) is 5.24. The number of allylic oxidation sites excluding steroid dienone is 4. The van der Waals surface area contributed by atoms with E-state index in [-0.39, 0.29) is 22.9 Å². The molecule has 0 bridgehead atoms. The summed E-state index contributed by atoms with van der Waals surface area (Å²) in [6, 6.07) is 9.39. The third-order valence-electron chi connectivity index (χ3n) is 9.33. The molecule has 4 aliphatic rings. The van der Waals surface area contributed by atoms with Gasteiger partial charge in [0.1, 0.15) is 6.10 Å². The third-order valence-corrected chi connectivity index (χ3v) is 9.33. The highest BCUT2D eigenvalue weighted by molar-refractivity contribution is 5.89. The Hall–Kier alpha value is -1.87. The van der Waals surface area contributed by atoms with Gasteiger partial charge in [-0.2, -0.15) is 0 Å². The number of hydrogen-bond donors (Lipinski definition) is 1. The monoisotopic (exact) mass is 420 g/mol. The lowest BCUT2D eigenvalue weighted by Gasteiger charge is -2.53. The summed E-state index contributed by atoms with van der Waals surface area (Å²) in [5.74, 6) is 1.03. The molecule has 0 heterocycles. The molecule has 166 valence electrons. The van der Waals surface area contributed by atoms with Crippen molar-refractivity contribution in [2.45, 2.75) is 77.7 Å². The average Bonchev–Trinajstić information content (AvgIpc) is 3.11. The van der Waals surface area contributed by atoms with Crippen molar-refractivity contribution in [3.63, 3.8) is 0 Å². The molecule has 5 rings (SSSR count). The number of esters is 1. The highest BCUT2D eigenvalue weighted by Gasteiger charge is 2.52. The van der Waals surface area contributed by atoms with Crippen molar-refractivity contribution in [1.82, 2.24) is 0 Å². The number of fused-ring (bicyclic) bond motifs is 4. The molecule has 0 radical (unpaired) electrons. The number of benzene rings is 1. The maximum absolute atomic E-state index is 12.6. The standard InChI is InChI=1S/C28H36O3/c1-27-16-13-25-23(24(27)11-9-20(27)14-17-29)10-8-21-18-22(12-15-28(21,25)2)31-26(30)19-6-4-3-5-7-19/h3-7,11,20-22,29H,8-10,12-18H2,1-2H3/t20-,21?,22?,27-,28+/m1/s1. The fourth-order valence-corrected chi connectivity index (χ4v) is 7.40. The van der Waals surface area contributed by atoms with Crippen molar-refractivity contribution in [2.75, 3.05) is 6.61 Å². The van der Waals surface area contributed by atoms with Gasteiger partial charge in [-0.25, -0.2) is 4.79 Å². The Balaban J connectivity index is 1.33. The van der Waals surface area contributed by atoms with E-state index in [1.54, 1.807) is 16.7 Å². The predicted molar refractivity (Wildman–Crippen MR) is 123 cm³/mol. The molecule has 0 amide bonds. The van der Waals surface area contributed by atoms with E-state index in [1.165, 1.54) is 25.7 Å². The number of aliphatic hydroxyl groups excluding tert-OH is 1. The van der Waals surface area contributed by atoms with E-state index in [4.69, 9.17) is 4.74 Å². The minimum atomic E-state index is -0.176. The highest BCUT2D eigenvalue weighted by Crippen LogP contribution is 2.63.